The standard InChI is InChI=1S/C17H28ClNO/c1-5-6-7-8-9-13(2)20-15-10-11-16(14(3)19-4)17(18)12-15/h10-14,19H,5-9H2,1-4H3. The lowest BCUT2D eigenvalue weighted by Gasteiger charge is -2.17. The maximum absolute atomic E-state index is 6.31. The van der Waals surface area contributed by atoms with E-state index in [0.717, 1.165) is 22.8 Å². The summed E-state index contributed by atoms with van der Waals surface area (Å²) >= 11 is 6.31. The van der Waals surface area contributed by atoms with Gasteiger partial charge in [-0.1, -0.05) is 43.9 Å². The van der Waals surface area contributed by atoms with Gasteiger partial charge in [0.2, 0.25) is 0 Å². The van der Waals surface area contributed by atoms with E-state index in [2.05, 4.69) is 26.1 Å². The van der Waals surface area contributed by atoms with Crippen molar-refractivity contribution in [3.8, 4) is 5.75 Å². The molecule has 20 heavy (non-hydrogen) atoms. The average Bonchev–Trinajstić information content (AvgIpc) is 2.43. The first kappa shape index (κ1) is 17.3. The van der Waals surface area contributed by atoms with Gasteiger partial charge in [-0.3, -0.25) is 0 Å². The van der Waals surface area contributed by atoms with Crippen molar-refractivity contribution in [1.82, 2.24) is 5.32 Å². The van der Waals surface area contributed by atoms with Gasteiger partial charge in [-0.05, 0) is 51.4 Å². The summed E-state index contributed by atoms with van der Waals surface area (Å²) in [7, 11) is 1.93. The zero-order chi connectivity index (χ0) is 15.0. The van der Waals surface area contributed by atoms with Crippen LogP contribution in [0.2, 0.25) is 5.02 Å². The van der Waals surface area contributed by atoms with E-state index in [1.54, 1.807) is 0 Å². The quantitative estimate of drug-likeness (QED) is 0.620. The van der Waals surface area contributed by atoms with E-state index < -0.39 is 0 Å². The fourth-order valence-electron chi connectivity index (χ4n) is 2.24. The molecule has 0 bridgehead atoms. The van der Waals surface area contributed by atoms with Gasteiger partial charge in [-0.15, -0.1) is 0 Å². The van der Waals surface area contributed by atoms with Crippen molar-refractivity contribution in [3.63, 3.8) is 0 Å². The Kier molecular flexibility index (Phi) is 8.01. The maximum atomic E-state index is 6.31. The smallest absolute Gasteiger partial charge is 0.121 e. The van der Waals surface area contributed by atoms with E-state index in [1.807, 2.05) is 25.2 Å². The highest BCUT2D eigenvalue weighted by molar-refractivity contribution is 6.31. The number of ether oxygens (including phenoxy) is 1. The van der Waals surface area contributed by atoms with Crippen LogP contribution >= 0.6 is 11.6 Å². The van der Waals surface area contributed by atoms with Crippen LogP contribution in [-0.2, 0) is 0 Å². The van der Waals surface area contributed by atoms with Crippen molar-refractivity contribution >= 4 is 11.6 Å². The van der Waals surface area contributed by atoms with Gasteiger partial charge in [0.1, 0.15) is 5.75 Å². The Balaban J connectivity index is 2.50. The molecule has 1 N–H and O–H groups in total. The van der Waals surface area contributed by atoms with Gasteiger partial charge in [0, 0.05) is 11.1 Å². The normalized spacial score (nSPS) is 14.1. The maximum Gasteiger partial charge on any atom is 0.121 e. The summed E-state index contributed by atoms with van der Waals surface area (Å²) in [6.45, 7) is 6.46. The number of nitrogens with one attached hydrogen (secondary N) is 1. The number of unbranched alkanes of at least 4 members (excludes halogenated alkanes) is 3. The topological polar surface area (TPSA) is 21.3 Å². The van der Waals surface area contributed by atoms with Crippen LogP contribution in [0.25, 0.3) is 0 Å². The molecule has 3 heteroatoms. The Labute approximate surface area is 128 Å². The molecule has 0 spiro atoms. The van der Waals surface area contributed by atoms with E-state index in [4.69, 9.17) is 16.3 Å². The van der Waals surface area contributed by atoms with Crippen LogP contribution in [0.3, 0.4) is 0 Å². The lowest BCUT2D eigenvalue weighted by molar-refractivity contribution is 0.206. The van der Waals surface area contributed by atoms with Crippen LogP contribution in [0.4, 0.5) is 0 Å². The molecular weight excluding hydrogens is 270 g/mol. The highest BCUT2D eigenvalue weighted by Gasteiger charge is 2.10. The van der Waals surface area contributed by atoms with Crippen molar-refractivity contribution in [1.29, 1.82) is 0 Å². The third-order valence-electron chi connectivity index (χ3n) is 3.67. The molecule has 0 radical (unpaired) electrons. The number of rotatable bonds is 9. The van der Waals surface area contributed by atoms with Gasteiger partial charge in [0.15, 0.2) is 0 Å². The number of benzene rings is 1. The van der Waals surface area contributed by atoms with E-state index >= 15 is 0 Å². The Morgan fingerprint density at radius 3 is 2.55 bits per heavy atom. The Hall–Kier alpha value is -0.730. The number of hydrogen-bond acceptors (Lipinski definition) is 2. The second-order valence-electron chi connectivity index (χ2n) is 5.47. The molecule has 2 atom stereocenters. The third kappa shape index (κ3) is 5.72. The molecule has 1 rings (SSSR count). The molecule has 0 saturated carbocycles. The minimum Gasteiger partial charge on any atom is -0.491 e. The van der Waals surface area contributed by atoms with E-state index in [9.17, 15) is 0 Å². The zero-order valence-electron chi connectivity index (χ0n) is 13.2. The first-order chi connectivity index (χ1) is 9.58. The minimum atomic E-state index is 0.246. The molecule has 2 nitrogen and oxygen atoms in total. The van der Waals surface area contributed by atoms with E-state index in [-0.39, 0.29) is 12.1 Å². The molecule has 0 heterocycles. The molecule has 0 saturated heterocycles. The van der Waals surface area contributed by atoms with E-state index in [0.29, 0.717) is 0 Å². The van der Waals surface area contributed by atoms with Crippen LogP contribution in [0.1, 0.15) is 64.5 Å². The van der Waals surface area contributed by atoms with Gasteiger partial charge in [0.05, 0.1) is 6.10 Å². The molecule has 0 aliphatic heterocycles. The fraction of sp³-hybridized carbons (Fsp3) is 0.647. The third-order valence-corrected chi connectivity index (χ3v) is 4.00. The van der Waals surface area contributed by atoms with Crippen LogP contribution in [0.15, 0.2) is 18.2 Å². The Morgan fingerprint density at radius 1 is 1.20 bits per heavy atom. The highest BCUT2D eigenvalue weighted by Crippen LogP contribution is 2.28. The van der Waals surface area contributed by atoms with Crippen LogP contribution in [-0.4, -0.2) is 13.2 Å². The van der Waals surface area contributed by atoms with Gasteiger partial charge in [0.25, 0.3) is 0 Å². The summed E-state index contributed by atoms with van der Waals surface area (Å²) in [5, 5.41) is 3.96. The van der Waals surface area contributed by atoms with Gasteiger partial charge >= 0.3 is 0 Å². The van der Waals surface area contributed by atoms with Gasteiger partial charge in [-0.25, -0.2) is 0 Å². The molecule has 0 aliphatic carbocycles. The molecule has 1 aromatic rings. The molecule has 0 aromatic heterocycles. The van der Waals surface area contributed by atoms with Crippen LogP contribution < -0.4 is 10.1 Å². The molecule has 0 aliphatic rings. The molecule has 2 unspecified atom stereocenters. The van der Waals surface area contributed by atoms with Crippen molar-refractivity contribution in [2.75, 3.05) is 7.05 Å². The molecule has 114 valence electrons. The second-order valence-corrected chi connectivity index (χ2v) is 5.88. The summed E-state index contributed by atoms with van der Waals surface area (Å²) < 4.78 is 5.94. The molecule has 0 amide bonds. The SMILES string of the molecule is CCCCCCC(C)Oc1ccc(C(C)NC)c(Cl)c1. The predicted octanol–water partition coefficient (Wildman–Crippen LogP) is 5.36. The summed E-state index contributed by atoms with van der Waals surface area (Å²) in [6.07, 6.45) is 6.47. The fourth-order valence-corrected chi connectivity index (χ4v) is 2.57. The second kappa shape index (κ2) is 9.25. The first-order valence-corrected chi connectivity index (χ1v) is 8.09. The summed E-state index contributed by atoms with van der Waals surface area (Å²) in [5.41, 5.74) is 1.11. The average molecular weight is 298 g/mol. The lowest BCUT2D eigenvalue weighted by atomic mass is 10.1. The summed E-state index contributed by atoms with van der Waals surface area (Å²) in [5.74, 6) is 0.866. The Morgan fingerprint density at radius 2 is 1.95 bits per heavy atom. The first-order valence-electron chi connectivity index (χ1n) is 7.71. The Bertz CT molecular complexity index is 395. The summed E-state index contributed by atoms with van der Waals surface area (Å²) in [4.78, 5) is 0. The monoisotopic (exact) mass is 297 g/mol. The zero-order valence-corrected chi connectivity index (χ0v) is 14.0. The van der Waals surface area contributed by atoms with Crippen LogP contribution in [0.5, 0.6) is 5.75 Å². The van der Waals surface area contributed by atoms with Crippen molar-refractivity contribution < 1.29 is 4.74 Å². The van der Waals surface area contributed by atoms with Crippen molar-refractivity contribution in [3.05, 3.63) is 28.8 Å². The van der Waals surface area contributed by atoms with Crippen LogP contribution in [0, 0.1) is 0 Å². The van der Waals surface area contributed by atoms with Crippen molar-refractivity contribution in [2.24, 2.45) is 0 Å². The molecular formula is C17H28ClNO. The highest BCUT2D eigenvalue weighted by atomic mass is 35.5. The predicted molar refractivity (Wildman–Crippen MR) is 87.8 cm³/mol. The van der Waals surface area contributed by atoms with Crippen molar-refractivity contribution in [2.45, 2.75) is 65.0 Å². The molecule has 0 fully saturated rings. The minimum absolute atomic E-state index is 0.246. The van der Waals surface area contributed by atoms with Gasteiger partial charge in [-0.2, -0.15) is 0 Å². The number of hydrogen-bond donors (Lipinski definition) is 1. The summed E-state index contributed by atoms with van der Waals surface area (Å²) in [6, 6.07) is 6.23. The van der Waals surface area contributed by atoms with Gasteiger partial charge < -0.3 is 10.1 Å². The largest absolute Gasteiger partial charge is 0.491 e. The number of halogens is 1. The molecule has 1 aromatic carbocycles. The van der Waals surface area contributed by atoms with E-state index in [1.165, 1.54) is 25.7 Å². The lowest BCUT2D eigenvalue weighted by Crippen LogP contribution is -2.14.